The van der Waals surface area contributed by atoms with Crippen molar-refractivity contribution < 1.29 is 17.9 Å². The Morgan fingerprint density at radius 1 is 1.04 bits per heavy atom. The fourth-order valence-electron chi connectivity index (χ4n) is 3.14. The molecule has 1 aliphatic rings. The summed E-state index contributed by atoms with van der Waals surface area (Å²) < 4.78 is 37.7. The van der Waals surface area contributed by atoms with E-state index in [1.165, 1.54) is 4.31 Å². The molecule has 0 saturated carbocycles. The number of ether oxygens (including phenoxy) is 2. The molecule has 2 aromatic rings. The molecule has 0 spiro atoms. The Balaban J connectivity index is 1.72. The quantitative estimate of drug-likeness (QED) is 0.746. The van der Waals surface area contributed by atoms with Gasteiger partial charge in [0.25, 0.3) is 0 Å². The summed E-state index contributed by atoms with van der Waals surface area (Å²) in [6.07, 6.45) is 0. The number of hydrogen-bond acceptors (Lipinski definition) is 5. The van der Waals surface area contributed by atoms with Crippen molar-refractivity contribution >= 4 is 10.0 Å². The van der Waals surface area contributed by atoms with Gasteiger partial charge in [0, 0.05) is 32.2 Å². The zero-order valence-electron chi connectivity index (χ0n) is 14.7. The van der Waals surface area contributed by atoms with E-state index in [1.54, 1.807) is 31.4 Å². The molecule has 0 aliphatic carbocycles. The van der Waals surface area contributed by atoms with Gasteiger partial charge in [0.1, 0.15) is 12.4 Å². The van der Waals surface area contributed by atoms with Crippen LogP contribution in [0.2, 0.25) is 0 Å². The monoisotopic (exact) mass is 376 g/mol. The van der Waals surface area contributed by atoms with Crippen LogP contribution in [0.4, 0.5) is 0 Å². The molecule has 1 saturated heterocycles. The highest BCUT2D eigenvalue weighted by Gasteiger charge is 2.38. The lowest BCUT2D eigenvalue weighted by molar-refractivity contribution is 0.146. The molecule has 2 atom stereocenters. The van der Waals surface area contributed by atoms with Crippen LogP contribution in [-0.2, 0) is 14.8 Å². The van der Waals surface area contributed by atoms with Crippen molar-refractivity contribution in [1.29, 1.82) is 0 Å². The molecule has 2 N–H and O–H groups in total. The average Bonchev–Trinajstić information content (AvgIpc) is 3.06. The van der Waals surface area contributed by atoms with Gasteiger partial charge < -0.3 is 15.2 Å². The van der Waals surface area contributed by atoms with Gasteiger partial charge in [0.15, 0.2) is 0 Å². The summed E-state index contributed by atoms with van der Waals surface area (Å²) >= 11 is 0. The van der Waals surface area contributed by atoms with Gasteiger partial charge in [-0.2, -0.15) is 4.31 Å². The summed E-state index contributed by atoms with van der Waals surface area (Å²) in [6, 6.07) is 16.1. The molecular weight excluding hydrogens is 352 g/mol. The number of hydrogen-bond donors (Lipinski definition) is 1. The highest BCUT2D eigenvalue weighted by molar-refractivity contribution is 7.89. The Morgan fingerprint density at radius 3 is 2.38 bits per heavy atom. The highest BCUT2D eigenvalue weighted by Crippen LogP contribution is 2.30. The number of rotatable bonds is 7. The second-order valence-electron chi connectivity index (χ2n) is 6.32. The second-order valence-corrected chi connectivity index (χ2v) is 8.25. The predicted octanol–water partition coefficient (Wildman–Crippen LogP) is 1.83. The normalized spacial score (nSPS) is 21.0. The summed E-state index contributed by atoms with van der Waals surface area (Å²) in [5.74, 6) is 0.615. The number of methoxy groups -OCH3 is 1. The maximum Gasteiger partial charge on any atom is 0.243 e. The van der Waals surface area contributed by atoms with Crippen LogP contribution in [0.15, 0.2) is 59.5 Å². The van der Waals surface area contributed by atoms with Gasteiger partial charge in [-0.1, -0.05) is 30.3 Å². The SMILES string of the molecule is COCCOc1ccc(S(=O)(=O)N2C[C@@H](N)[C@H](c3ccccc3)C2)cc1. The van der Waals surface area contributed by atoms with Crippen LogP contribution in [0, 0.1) is 0 Å². The Labute approximate surface area is 154 Å². The molecule has 3 rings (SSSR count). The molecule has 0 bridgehead atoms. The fraction of sp³-hybridized carbons (Fsp3) is 0.368. The third-order valence-corrected chi connectivity index (χ3v) is 6.42. The van der Waals surface area contributed by atoms with Crippen LogP contribution in [0.1, 0.15) is 11.5 Å². The van der Waals surface area contributed by atoms with E-state index in [1.807, 2.05) is 30.3 Å². The number of nitrogens with two attached hydrogens (primary N) is 1. The van der Waals surface area contributed by atoms with E-state index in [-0.39, 0.29) is 16.9 Å². The summed E-state index contributed by atoms with van der Waals surface area (Å²) in [4.78, 5) is 0.248. The highest BCUT2D eigenvalue weighted by atomic mass is 32.2. The van der Waals surface area contributed by atoms with Crippen LogP contribution >= 0.6 is 0 Å². The lowest BCUT2D eigenvalue weighted by Gasteiger charge is -2.17. The Morgan fingerprint density at radius 2 is 1.73 bits per heavy atom. The lowest BCUT2D eigenvalue weighted by atomic mass is 9.95. The Kier molecular flexibility index (Phi) is 5.93. The molecule has 1 fully saturated rings. The first kappa shape index (κ1) is 18.8. The van der Waals surface area contributed by atoms with Crippen LogP contribution < -0.4 is 10.5 Å². The topological polar surface area (TPSA) is 81.9 Å². The summed E-state index contributed by atoms with van der Waals surface area (Å²) in [7, 11) is -1.98. The summed E-state index contributed by atoms with van der Waals surface area (Å²) in [5.41, 5.74) is 7.30. The molecule has 1 aliphatic heterocycles. The molecular formula is C19H24N2O4S. The van der Waals surface area contributed by atoms with Crippen LogP contribution in [0.5, 0.6) is 5.75 Å². The van der Waals surface area contributed by atoms with Crippen molar-refractivity contribution in [3.63, 3.8) is 0 Å². The zero-order valence-corrected chi connectivity index (χ0v) is 15.6. The molecule has 0 unspecified atom stereocenters. The van der Waals surface area contributed by atoms with E-state index in [0.29, 0.717) is 32.1 Å². The van der Waals surface area contributed by atoms with Gasteiger partial charge in [0.2, 0.25) is 10.0 Å². The van der Waals surface area contributed by atoms with E-state index in [0.717, 1.165) is 5.56 Å². The van der Waals surface area contributed by atoms with E-state index >= 15 is 0 Å². The smallest absolute Gasteiger partial charge is 0.243 e. The maximum absolute atomic E-state index is 12.9. The Hall–Kier alpha value is -1.93. The fourth-order valence-corrected chi connectivity index (χ4v) is 4.64. The molecule has 2 aromatic carbocycles. The summed E-state index contributed by atoms with van der Waals surface area (Å²) in [6.45, 7) is 1.60. The van der Waals surface area contributed by atoms with Crippen molar-refractivity contribution in [2.45, 2.75) is 16.9 Å². The van der Waals surface area contributed by atoms with Gasteiger partial charge >= 0.3 is 0 Å². The van der Waals surface area contributed by atoms with Gasteiger partial charge in [-0.3, -0.25) is 0 Å². The van der Waals surface area contributed by atoms with Crippen molar-refractivity contribution in [3.05, 3.63) is 60.2 Å². The van der Waals surface area contributed by atoms with Crippen LogP contribution in [0.25, 0.3) is 0 Å². The molecule has 0 aromatic heterocycles. The van der Waals surface area contributed by atoms with Crippen molar-refractivity contribution in [2.75, 3.05) is 33.4 Å². The van der Waals surface area contributed by atoms with Gasteiger partial charge in [-0.25, -0.2) is 8.42 Å². The molecule has 7 heteroatoms. The number of sulfonamides is 1. The van der Waals surface area contributed by atoms with Crippen molar-refractivity contribution in [2.24, 2.45) is 5.73 Å². The largest absolute Gasteiger partial charge is 0.491 e. The number of benzene rings is 2. The van der Waals surface area contributed by atoms with Crippen molar-refractivity contribution in [3.8, 4) is 5.75 Å². The zero-order chi connectivity index (χ0) is 18.6. The first-order chi connectivity index (χ1) is 12.5. The third-order valence-electron chi connectivity index (χ3n) is 4.58. The average molecular weight is 376 g/mol. The minimum atomic E-state index is -3.58. The summed E-state index contributed by atoms with van der Waals surface area (Å²) in [5, 5.41) is 0. The first-order valence-corrected chi connectivity index (χ1v) is 9.99. The standard InChI is InChI=1S/C19H24N2O4S/c1-24-11-12-25-16-7-9-17(10-8-16)26(22,23)21-13-18(19(20)14-21)15-5-3-2-4-6-15/h2-10,18-19H,11-14,20H2,1H3/t18-,19+/m0/s1. The second kappa shape index (κ2) is 8.18. The van der Waals surface area contributed by atoms with E-state index < -0.39 is 10.0 Å². The van der Waals surface area contributed by atoms with Crippen LogP contribution in [-0.4, -0.2) is 52.2 Å². The van der Waals surface area contributed by atoms with E-state index in [4.69, 9.17) is 15.2 Å². The van der Waals surface area contributed by atoms with Gasteiger partial charge in [-0.15, -0.1) is 0 Å². The lowest BCUT2D eigenvalue weighted by Crippen LogP contribution is -2.32. The molecule has 1 heterocycles. The van der Waals surface area contributed by atoms with Crippen LogP contribution in [0.3, 0.4) is 0 Å². The molecule has 0 radical (unpaired) electrons. The van der Waals surface area contributed by atoms with Crippen molar-refractivity contribution in [1.82, 2.24) is 4.31 Å². The molecule has 26 heavy (non-hydrogen) atoms. The molecule has 0 amide bonds. The van der Waals surface area contributed by atoms with Gasteiger partial charge in [0.05, 0.1) is 11.5 Å². The molecule has 140 valence electrons. The maximum atomic E-state index is 12.9. The number of nitrogens with zero attached hydrogens (tertiary/aromatic N) is 1. The predicted molar refractivity (Wildman–Crippen MR) is 99.7 cm³/mol. The van der Waals surface area contributed by atoms with E-state index in [9.17, 15) is 8.42 Å². The Bertz CT molecular complexity index is 809. The minimum Gasteiger partial charge on any atom is -0.491 e. The minimum absolute atomic E-state index is 0.00243. The van der Waals surface area contributed by atoms with Gasteiger partial charge in [-0.05, 0) is 29.8 Å². The van der Waals surface area contributed by atoms with E-state index in [2.05, 4.69) is 0 Å². The first-order valence-electron chi connectivity index (χ1n) is 8.55. The molecule has 6 nitrogen and oxygen atoms in total. The third kappa shape index (κ3) is 4.07.